The Morgan fingerprint density at radius 3 is 2.70 bits per heavy atom. The lowest BCUT2D eigenvalue weighted by atomic mass is 10.1. The summed E-state index contributed by atoms with van der Waals surface area (Å²) in [5, 5.41) is 11.5. The van der Waals surface area contributed by atoms with E-state index in [2.05, 4.69) is 31.1 Å². The summed E-state index contributed by atoms with van der Waals surface area (Å²) in [6.07, 6.45) is 3.12. The van der Waals surface area contributed by atoms with E-state index in [0.29, 0.717) is 17.4 Å². The molecule has 3 rings (SSSR count). The highest BCUT2D eigenvalue weighted by Gasteiger charge is 2.22. The highest BCUT2D eigenvalue weighted by atomic mass is 16.5. The minimum Gasteiger partial charge on any atom is -0.493 e. The fourth-order valence-electron chi connectivity index (χ4n) is 3.13. The molecule has 0 saturated heterocycles. The Hall–Kier alpha value is -3.79. The molecule has 2 aromatic carbocycles. The van der Waals surface area contributed by atoms with Crippen molar-refractivity contribution in [2.45, 2.75) is 26.3 Å². The average molecular weight is 404 g/mol. The van der Waals surface area contributed by atoms with Crippen molar-refractivity contribution in [3.8, 4) is 17.6 Å². The molecular formula is C23H24N4O3. The molecule has 0 aliphatic heterocycles. The first-order valence-corrected chi connectivity index (χ1v) is 9.48. The topological polar surface area (TPSA) is 89.2 Å². The normalized spacial score (nSPS) is 11.4. The van der Waals surface area contributed by atoms with Crippen LogP contribution in [0.2, 0.25) is 0 Å². The number of amides is 1. The summed E-state index contributed by atoms with van der Waals surface area (Å²) in [6, 6.07) is 14.9. The van der Waals surface area contributed by atoms with Gasteiger partial charge in [0.1, 0.15) is 6.07 Å². The van der Waals surface area contributed by atoms with Crippen molar-refractivity contribution < 1.29 is 14.3 Å². The van der Waals surface area contributed by atoms with Gasteiger partial charge in [0.15, 0.2) is 18.1 Å². The van der Waals surface area contributed by atoms with Crippen molar-refractivity contribution in [2.75, 3.05) is 19.0 Å². The lowest BCUT2D eigenvalue weighted by Crippen LogP contribution is -2.25. The second-order valence-corrected chi connectivity index (χ2v) is 7.61. The van der Waals surface area contributed by atoms with Crippen LogP contribution in [0.25, 0.3) is 17.1 Å². The molecule has 0 bridgehead atoms. The largest absolute Gasteiger partial charge is 0.493 e. The highest BCUT2D eigenvalue weighted by molar-refractivity contribution is 6.02. The Kier molecular flexibility index (Phi) is 6.07. The van der Waals surface area contributed by atoms with Crippen LogP contribution in [0.1, 0.15) is 26.3 Å². The number of fused-ring (bicyclic) bond motifs is 1. The zero-order chi connectivity index (χ0) is 21.7. The number of ether oxygens (including phenoxy) is 2. The third-order valence-corrected chi connectivity index (χ3v) is 4.37. The van der Waals surface area contributed by atoms with Gasteiger partial charge in [0, 0.05) is 11.6 Å². The molecule has 7 heteroatoms. The molecule has 0 aliphatic rings. The lowest BCUT2D eigenvalue weighted by Gasteiger charge is -2.24. The average Bonchev–Trinajstić information content (AvgIpc) is 3.09. The molecule has 7 nitrogen and oxygen atoms in total. The van der Waals surface area contributed by atoms with Crippen LogP contribution in [0.5, 0.6) is 11.5 Å². The van der Waals surface area contributed by atoms with Gasteiger partial charge in [0.05, 0.1) is 18.1 Å². The van der Waals surface area contributed by atoms with E-state index in [1.165, 1.54) is 13.2 Å². The van der Waals surface area contributed by atoms with E-state index >= 15 is 0 Å². The molecule has 0 spiro atoms. The van der Waals surface area contributed by atoms with Crippen molar-refractivity contribution in [2.24, 2.45) is 0 Å². The number of carbonyl (C=O) groups is 1. The fourth-order valence-corrected chi connectivity index (χ4v) is 3.13. The van der Waals surface area contributed by atoms with Gasteiger partial charge in [-0.15, -0.1) is 0 Å². The zero-order valence-electron chi connectivity index (χ0n) is 17.5. The molecule has 0 radical (unpaired) electrons. The molecular weight excluding hydrogens is 380 g/mol. The van der Waals surface area contributed by atoms with Crippen LogP contribution in [-0.4, -0.2) is 29.2 Å². The minimum absolute atomic E-state index is 0.0667. The first kappa shape index (κ1) is 20.9. The Balaban J connectivity index is 1.81. The number of rotatable bonds is 6. The zero-order valence-corrected chi connectivity index (χ0v) is 17.5. The maximum atomic E-state index is 12.6. The van der Waals surface area contributed by atoms with E-state index in [0.717, 1.165) is 16.6 Å². The standard InChI is InChI=1S/C23H24N4O3/c1-23(2,3)27-18-8-6-5-7-17(18)25-22(27)26-21(28)12-10-16-9-11-19(30-14-13-24)20(15-16)29-4/h5-12,15H,14H2,1-4H3,(H,25,26,28)/b12-10+. The van der Waals surface area contributed by atoms with Gasteiger partial charge in [-0.3, -0.25) is 10.1 Å². The van der Waals surface area contributed by atoms with E-state index in [1.807, 2.05) is 34.9 Å². The number of imidazole rings is 1. The monoisotopic (exact) mass is 404 g/mol. The van der Waals surface area contributed by atoms with Crippen molar-refractivity contribution in [3.05, 3.63) is 54.1 Å². The van der Waals surface area contributed by atoms with E-state index < -0.39 is 0 Å². The molecule has 1 heterocycles. The summed E-state index contributed by atoms with van der Waals surface area (Å²) in [7, 11) is 1.52. The number of benzene rings is 2. The summed E-state index contributed by atoms with van der Waals surface area (Å²) in [5.74, 6) is 1.16. The van der Waals surface area contributed by atoms with Gasteiger partial charge < -0.3 is 14.0 Å². The first-order valence-electron chi connectivity index (χ1n) is 9.48. The van der Waals surface area contributed by atoms with Gasteiger partial charge in [-0.25, -0.2) is 4.98 Å². The summed E-state index contributed by atoms with van der Waals surface area (Å²) < 4.78 is 12.6. The van der Waals surface area contributed by atoms with E-state index in [1.54, 1.807) is 24.3 Å². The second-order valence-electron chi connectivity index (χ2n) is 7.61. The van der Waals surface area contributed by atoms with Crippen LogP contribution >= 0.6 is 0 Å². The second kappa shape index (κ2) is 8.70. The molecule has 0 unspecified atom stereocenters. The van der Waals surface area contributed by atoms with Crippen molar-refractivity contribution >= 4 is 29.0 Å². The Morgan fingerprint density at radius 1 is 1.23 bits per heavy atom. The first-order chi connectivity index (χ1) is 14.3. The van der Waals surface area contributed by atoms with E-state index in [9.17, 15) is 4.79 Å². The number of hydrogen-bond donors (Lipinski definition) is 1. The highest BCUT2D eigenvalue weighted by Crippen LogP contribution is 2.29. The summed E-state index contributed by atoms with van der Waals surface area (Å²) in [5.41, 5.74) is 2.29. The Bertz CT molecular complexity index is 1130. The molecule has 0 saturated carbocycles. The van der Waals surface area contributed by atoms with E-state index in [-0.39, 0.29) is 18.1 Å². The number of aromatic nitrogens is 2. The van der Waals surface area contributed by atoms with E-state index in [4.69, 9.17) is 14.7 Å². The Morgan fingerprint density at radius 2 is 2.00 bits per heavy atom. The number of anilines is 1. The van der Waals surface area contributed by atoms with Gasteiger partial charge >= 0.3 is 0 Å². The van der Waals surface area contributed by atoms with Crippen LogP contribution in [0.3, 0.4) is 0 Å². The lowest BCUT2D eigenvalue weighted by molar-refractivity contribution is -0.111. The van der Waals surface area contributed by atoms with Gasteiger partial charge in [0.2, 0.25) is 5.95 Å². The van der Waals surface area contributed by atoms with Crippen molar-refractivity contribution in [1.82, 2.24) is 9.55 Å². The van der Waals surface area contributed by atoms with Gasteiger partial charge in [0.25, 0.3) is 5.91 Å². The molecule has 154 valence electrons. The number of nitrogens with one attached hydrogen (secondary N) is 1. The maximum Gasteiger partial charge on any atom is 0.250 e. The van der Waals surface area contributed by atoms with Crippen LogP contribution in [0.4, 0.5) is 5.95 Å². The maximum absolute atomic E-state index is 12.6. The SMILES string of the molecule is COc1cc(/C=C/C(=O)Nc2nc3ccccc3n2C(C)(C)C)ccc1OCC#N. The molecule has 1 N–H and O–H groups in total. The number of nitriles is 1. The third-order valence-electron chi connectivity index (χ3n) is 4.37. The smallest absolute Gasteiger partial charge is 0.250 e. The van der Waals surface area contributed by atoms with Crippen LogP contribution in [0.15, 0.2) is 48.5 Å². The fraction of sp³-hybridized carbons (Fsp3) is 0.261. The summed E-state index contributed by atoms with van der Waals surface area (Å²) >= 11 is 0. The van der Waals surface area contributed by atoms with Gasteiger partial charge in [-0.05, 0) is 56.7 Å². The molecule has 30 heavy (non-hydrogen) atoms. The quantitative estimate of drug-likeness (QED) is 0.617. The molecule has 1 aromatic heterocycles. The van der Waals surface area contributed by atoms with Crippen molar-refractivity contribution in [3.63, 3.8) is 0 Å². The van der Waals surface area contributed by atoms with Crippen LogP contribution in [-0.2, 0) is 10.3 Å². The van der Waals surface area contributed by atoms with Gasteiger partial charge in [-0.1, -0.05) is 18.2 Å². The van der Waals surface area contributed by atoms with Crippen LogP contribution in [0, 0.1) is 11.3 Å². The number of carbonyl (C=O) groups excluding carboxylic acids is 1. The third kappa shape index (κ3) is 4.61. The molecule has 0 aliphatic carbocycles. The Labute approximate surface area is 175 Å². The number of nitrogens with zero attached hydrogens (tertiary/aromatic N) is 3. The predicted molar refractivity (Wildman–Crippen MR) is 116 cm³/mol. The number of methoxy groups -OCH3 is 1. The molecule has 3 aromatic rings. The number of hydrogen-bond acceptors (Lipinski definition) is 5. The molecule has 0 atom stereocenters. The number of para-hydroxylation sites is 2. The minimum atomic E-state index is -0.292. The predicted octanol–water partition coefficient (Wildman–Crippen LogP) is 4.35. The molecule has 1 amide bonds. The summed E-state index contributed by atoms with van der Waals surface area (Å²) in [6.45, 7) is 6.13. The molecule has 0 fully saturated rings. The summed E-state index contributed by atoms with van der Waals surface area (Å²) in [4.78, 5) is 17.1. The van der Waals surface area contributed by atoms with Gasteiger partial charge in [-0.2, -0.15) is 5.26 Å². The van der Waals surface area contributed by atoms with Crippen molar-refractivity contribution in [1.29, 1.82) is 5.26 Å². The van der Waals surface area contributed by atoms with Crippen LogP contribution < -0.4 is 14.8 Å².